The molecule has 0 heterocycles. The van der Waals surface area contributed by atoms with Crippen LogP contribution in [0.3, 0.4) is 0 Å². The van der Waals surface area contributed by atoms with E-state index >= 15 is 0 Å². The average Bonchev–Trinajstić information content (AvgIpc) is 2.36. The molecule has 0 spiro atoms. The molecule has 0 aliphatic heterocycles. The van der Waals surface area contributed by atoms with Crippen molar-refractivity contribution < 1.29 is 4.79 Å². The van der Waals surface area contributed by atoms with Crippen molar-refractivity contribution in [1.29, 1.82) is 0 Å². The molecule has 1 atom stereocenters. The van der Waals surface area contributed by atoms with Crippen LogP contribution in [0, 0.1) is 5.92 Å². The van der Waals surface area contributed by atoms with E-state index < -0.39 is 5.41 Å². The first-order chi connectivity index (χ1) is 7.98. The van der Waals surface area contributed by atoms with Crippen molar-refractivity contribution in [3.8, 4) is 0 Å². The van der Waals surface area contributed by atoms with E-state index in [9.17, 15) is 4.79 Å². The number of amides is 1. The maximum atomic E-state index is 12.1. The number of rotatable bonds is 5. The second-order valence-corrected chi connectivity index (χ2v) is 5.04. The Balaban J connectivity index is 2.67. The van der Waals surface area contributed by atoms with E-state index in [0.717, 1.165) is 5.56 Å². The summed E-state index contributed by atoms with van der Waals surface area (Å²) in [6.07, 6.45) is 0. The van der Waals surface area contributed by atoms with E-state index in [-0.39, 0.29) is 5.91 Å². The Morgan fingerprint density at radius 1 is 1.35 bits per heavy atom. The fourth-order valence-corrected chi connectivity index (χ4v) is 1.56. The van der Waals surface area contributed by atoms with E-state index in [0.29, 0.717) is 19.0 Å². The first kappa shape index (κ1) is 13.7. The van der Waals surface area contributed by atoms with Crippen molar-refractivity contribution >= 4 is 5.91 Å². The van der Waals surface area contributed by atoms with Gasteiger partial charge in [0.15, 0.2) is 0 Å². The summed E-state index contributed by atoms with van der Waals surface area (Å²) in [4.78, 5) is 12.1. The summed E-state index contributed by atoms with van der Waals surface area (Å²) in [6.45, 7) is 7.11. The van der Waals surface area contributed by atoms with Gasteiger partial charge in [0.25, 0.3) is 0 Å². The summed E-state index contributed by atoms with van der Waals surface area (Å²) in [5, 5.41) is 2.95. The number of carbonyl (C=O) groups excluding carboxylic acids is 1. The van der Waals surface area contributed by atoms with Crippen LogP contribution in [0.2, 0.25) is 0 Å². The zero-order chi connectivity index (χ0) is 12.9. The topological polar surface area (TPSA) is 55.1 Å². The first-order valence-electron chi connectivity index (χ1n) is 6.02. The third-order valence-electron chi connectivity index (χ3n) is 3.08. The molecule has 0 aliphatic carbocycles. The van der Waals surface area contributed by atoms with E-state index in [4.69, 9.17) is 5.73 Å². The Morgan fingerprint density at radius 2 is 1.94 bits per heavy atom. The lowest BCUT2D eigenvalue weighted by molar-refractivity contribution is -0.125. The van der Waals surface area contributed by atoms with Crippen LogP contribution in [-0.2, 0) is 10.2 Å². The van der Waals surface area contributed by atoms with Crippen LogP contribution >= 0.6 is 0 Å². The monoisotopic (exact) mass is 234 g/mol. The van der Waals surface area contributed by atoms with Crippen LogP contribution in [0.15, 0.2) is 30.3 Å². The van der Waals surface area contributed by atoms with Crippen molar-refractivity contribution in [2.45, 2.75) is 26.2 Å². The van der Waals surface area contributed by atoms with Gasteiger partial charge in [-0.1, -0.05) is 37.3 Å². The van der Waals surface area contributed by atoms with Crippen LogP contribution in [-0.4, -0.2) is 19.0 Å². The molecule has 0 saturated carbocycles. The number of nitrogens with two attached hydrogens (primary N) is 1. The van der Waals surface area contributed by atoms with Crippen LogP contribution in [0.1, 0.15) is 26.3 Å². The molecule has 3 nitrogen and oxygen atoms in total. The maximum Gasteiger partial charge on any atom is 0.230 e. The van der Waals surface area contributed by atoms with E-state index in [1.807, 2.05) is 51.1 Å². The number of carbonyl (C=O) groups is 1. The SMILES string of the molecule is CC(CN)CNC(=O)C(C)(C)c1ccccc1. The molecule has 3 N–H and O–H groups in total. The lowest BCUT2D eigenvalue weighted by atomic mass is 9.83. The van der Waals surface area contributed by atoms with Gasteiger partial charge in [0.2, 0.25) is 5.91 Å². The van der Waals surface area contributed by atoms with Gasteiger partial charge in [0, 0.05) is 6.54 Å². The van der Waals surface area contributed by atoms with Gasteiger partial charge in [0.1, 0.15) is 0 Å². The Labute approximate surface area is 103 Å². The van der Waals surface area contributed by atoms with Crippen LogP contribution in [0.5, 0.6) is 0 Å². The highest BCUT2D eigenvalue weighted by Crippen LogP contribution is 2.22. The van der Waals surface area contributed by atoms with Crippen molar-refractivity contribution in [2.24, 2.45) is 11.7 Å². The fourth-order valence-electron chi connectivity index (χ4n) is 1.56. The summed E-state index contributed by atoms with van der Waals surface area (Å²) in [7, 11) is 0. The molecule has 3 heteroatoms. The lowest BCUT2D eigenvalue weighted by Gasteiger charge is -2.25. The minimum atomic E-state index is -0.504. The molecular formula is C14H22N2O. The molecule has 1 rings (SSSR count). The van der Waals surface area contributed by atoms with Crippen molar-refractivity contribution in [3.63, 3.8) is 0 Å². The molecule has 0 aliphatic rings. The molecule has 1 amide bonds. The van der Waals surface area contributed by atoms with Crippen molar-refractivity contribution in [3.05, 3.63) is 35.9 Å². The van der Waals surface area contributed by atoms with E-state index in [2.05, 4.69) is 5.32 Å². The van der Waals surface area contributed by atoms with Gasteiger partial charge in [0.05, 0.1) is 5.41 Å². The van der Waals surface area contributed by atoms with Gasteiger partial charge in [-0.25, -0.2) is 0 Å². The average molecular weight is 234 g/mol. The second kappa shape index (κ2) is 5.82. The summed E-state index contributed by atoms with van der Waals surface area (Å²) < 4.78 is 0. The minimum Gasteiger partial charge on any atom is -0.355 e. The second-order valence-electron chi connectivity index (χ2n) is 5.04. The standard InChI is InChI=1S/C14H22N2O/c1-11(9-15)10-16-13(17)14(2,3)12-7-5-4-6-8-12/h4-8,11H,9-10,15H2,1-3H3,(H,16,17). The molecule has 0 saturated heterocycles. The van der Waals surface area contributed by atoms with Gasteiger partial charge in [-0.2, -0.15) is 0 Å². The minimum absolute atomic E-state index is 0.0454. The molecule has 1 aromatic rings. The number of nitrogens with one attached hydrogen (secondary N) is 1. The highest BCUT2D eigenvalue weighted by molar-refractivity contribution is 5.87. The predicted octanol–water partition coefficient (Wildman–Crippen LogP) is 1.68. The summed E-state index contributed by atoms with van der Waals surface area (Å²) >= 11 is 0. The molecule has 0 radical (unpaired) electrons. The molecule has 1 aromatic carbocycles. The van der Waals surface area contributed by atoms with Gasteiger partial charge in [-0.15, -0.1) is 0 Å². The maximum absolute atomic E-state index is 12.1. The zero-order valence-electron chi connectivity index (χ0n) is 10.9. The molecule has 0 bridgehead atoms. The van der Waals surface area contributed by atoms with Gasteiger partial charge in [-0.3, -0.25) is 4.79 Å². The third-order valence-corrected chi connectivity index (χ3v) is 3.08. The summed E-state index contributed by atoms with van der Waals surface area (Å²) in [5.74, 6) is 0.356. The Hall–Kier alpha value is -1.35. The van der Waals surface area contributed by atoms with Crippen LogP contribution < -0.4 is 11.1 Å². The first-order valence-corrected chi connectivity index (χ1v) is 6.02. The zero-order valence-corrected chi connectivity index (χ0v) is 10.9. The molecule has 0 fully saturated rings. The highest BCUT2D eigenvalue weighted by atomic mass is 16.2. The smallest absolute Gasteiger partial charge is 0.230 e. The van der Waals surface area contributed by atoms with Gasteiger partial charge >= 0.3 is 0 Å². The number of hydrogen-bond acceptors (Lipinski definition) is 2. The highest BCUT2D eigenvalue weighted by Gasteiger charge is 2.29. The third kappa shape index (κ3) is 3.56. The quantitative estimate of drug-likeness (QED) is 0.814. The van der Waals surface area contributed by atoms with E-state index in [1.54, 1.807) is 0 Å². The summed E-state index contributed by atoms with van der Waals surface area (Å²) in [6, 6.07) is 9.81. The Bertz CT molecular complexity index is 360. The molecule has 0 aromatic heterocycles. The summed E-state index contributed by atoms with van der Waals surface area (Å²) in [5.41, 5.74) is 6.05. The largest absolute Gasteiger partial charge is 0.355 e. The fraction of sp³-hybridized carbons (Fsp3) is 0.500. The number of hydrogen-bond donors (Lipinski definition) is 2. The molecular weight excluding hydrogens is 212 g/mol. The van der Waals surface area contributed by atoms with Crippen LogP contribution in [0.25, 0.3) is 0 Å². The molecule has 1 unspecified atom stereocenters. The van der Waals surface area contributed by atoms with E-state index in [1.165, 1.54) is 0 Å². The van der Waals surface area contributed by atoms with Gasteiger partial charge < -0.3 is 11.1 Å². The molecule has 17 heavy (non-hydrogen) atoms. The molecule has 94 valence electrons. The van der Waals surface area contributed by atoms with Crippen molar-refractivity contribution in [2.75, 3.05) is 13.1 Å². The van der Waals surface area contributed by atoms with Crippen LogP contribution in [0.4, 0.5) is 0 Å². The normalized spacial score (nSPS) is 13.2. The Morgan fingerprint density at radius 3 is 2.47 bits per heavy atom. The Kier molecular flexibility index (Phi) is 4.70. The predicted molar refractivity (Wildman–Crippen MR) is 70.7 cm³/mol. The van der Waals surface area contributed by atoms with Crippen molar-refractivity contribution in [1.82, 2.24) is 5.32 Å². The lowest BCUT2D eigenvalue weighted by Crippen LogP contribution is -2.42. The van der Waals surface area contributed by atoms with Gasteiger partial charge in [-0.05, 0) is 31.9 Å². The number of benzene rings is 1.